The van der Waals surface area contributed by atoms with Crippen molar-refractivity contribution < 1.29 is 19.2 Å². The van der Waals surface area contributed by atoms with Gasteiger partial charge in [-0.25, -0.2) is 0 Å². The first-order valence-electron chi connectivity index (χ1n) is 10.9. The number of hydrogen-bond acceptors (Lipinski definition) is 8. The monoisotopic (exact) mass is 436 g/mol. The summed E-state index contributed by atoms with van der Waals surface area (Å²) in [5, 5.41) is 14.9. The number of carbonyl (C=O) groups excluding carboxylic acids is 4. The number of benzene rings is 1. The van der Waals surface area contributed by atoms with E-state index < -0.39 is 35.2 Å². The van der Waals surface area contributed by atoms with E-state index in [4.69, 9.17) is 0 Å². The molecule has 1 aromatic carbocycles. The van der Waals surface area contributed by atoms with E-state index in [2.05, 4.69) is 26.5 Å². The molecule has 0 spiro atoms. The average molecular weight is 436 g/mol. The summed E-state index contributed by atoms with van der Waals surface area (Å²) in [6, 6.07) is 6.69. The molecule has 3 fully saturated rings. The first kappa shape index (κ1) is 20.8. The second kappa shape index (κ2) is 7.78. The van der Waals surface area contributed by atoms with E-state index in [1.807, 2.05) is 6.07 Å². The van der Waals surface area contributed by atoms with E-state index in [1.165, 1.54) is 0 Å². The predicted molar refractivity (Wildman–Crippen MR) is 111 cm³/mol. The zero-order chi connectivity index (χ0) is 22.5. The highest BCUT2D eigenvalue weighted by molar-refractivity contribution is 6.24. The Hall–Kier alpha value is -3.13. The van der Waals surface area contributed by atoms with Crippen molar-refractivity contribution in [2.45, 2.75) is 31.0 Å². The van der Waals surface area contributed by atoms with Gasteiger partial charge in [0.25, 0.3) is 11.8 Å². The molecule has 0 radical (unpaired) electrons. The van der Waals surface area contributed by atoms with Crippen LogP contribution < -0.4 is 10.6 Å². The second-order valence-corrected chi connectivity index (χ2v) is 8.80. The predicted octanol–water partition coefficient (Wildman–Crippen LogP) is -0.929. The minimum Gasteiger partial charge on any atom is -0.311 e. The van der Waals surface area contributed by atoms with Crippen LogP contribution in [0.4, 0.5) is 0 Å². The molecule has 1 unspecified atom stereocenters. The van der Waals surface area contributed by atoms with Crippen LogP contribution in [0, 0.1) is 11.3 Å². The van der Waals surface area contributed by atoms with Crippen molar-refractivity contribution in [1.29, 1.82) is 5.26 Å². The molecule has 1 aromatic rings. The van der Waals surface area contributed by atoms with Crippen molar-refractivity contribution in [3.63, 3.8) is 0 Å². The van der Waals surface area contributed by atoms with Gasteiger partial charge in [-0.05, 0) is 18.1 Å². The maximum absolute atomic E-state index is 13.2. The summed E-state index contributed by atoms with van der Waals surface area (Å²) >= 11 is 0. The molecular formula is C22H24N6O4. The summed E-state index contributed by atoms with van der Waals surface area (Å²) in [6.45, 7) is 4.92. The lowest BCUT2D eigenvalue weighted by atomic mass is 9.91. The fraction of sp³-hybridized carbons (Fsp3) is 0.500. The number of rotatable bonds is 4. The summed E-state index contributed by atoms with van der Waals surface area (Å²) < 4.78 is 0. The molecule has 4 amide bonds. The third kappa shape index (κ3) is 3.21. The lowest BCUT2D eigenvalue weighted by Crippen LogP contribution is -2.70. The molecule has 4 aliphatic rings. The number of amides is 4. The normalized spacial score (nSPS) is 25.8. The fourth-order valence-electron chi connectivity index (χ4n) is 5.03. The van der Waals surface area contributed by atoms with Gasteiger partial charge in [0.1, 0.15) is 11.6 Å². The molecule has 10 heteroatoms. The molecule has 0 aromatic heterocycles. The van der Waals surface area contributed by atoms with E-state index in [-0.39, 0.29) is 12.8 Å². The van der Waals surface area contributed by atoms with Crippen molar-refractivity contribution in [2.24, 2.45) is 0 Å². The van der Waals surface area contributed by atoms with Crippen LogP contribution >= 0.6 is 0 Å². The maximum atomic E-state index is 13.2. The smallest absolute Gasteiger partial charge is 0.262 e. The van der Waals surface area contributed by atoms with Gasteiger partial charge in [-0.1, -0.05) is 12.1 Å². The zero-order valence-electron chi connectivity index (χ0n) is 17.6. The largest absolute Gasteiger partial charge is 0.311 e. The topological polar surface area (TPSA) is 126 Å². The Bertz CT molecular complexity index is 1050. The molecule has 5 rings (SSSR count). The highest BCUT2D eigenvalue weighted by Crippen LogP contribution is 2.31. The third-order valence-corrected chi connectivity index (χ3v) is 6.97. The standard InChI is InChI=1S/C22H24N6O4/c23-11-22(12-24-13-22)27-8-6-26(7-9-27)10-14-2-1-3-15-18(14)21(32)28(20(15)31)16-4-5-17(29)25-19(16)30/h1-3,16,24H,4-10,12-13H2,(H,25,29,30). The van der Waals surface area contributed by atoms with Crippen LogP contribution in [-0.2, 0) is 16.1 Å². The minimum absolute atomic E-state index is 0.0979. The van der Waals surface area contributed by atoms with Crippen LogP contribution in [0.2, 0.25) is 0 Å². The Morgan fingerprint density at radius 3 is 2.44 bits per heavy atom. The van der Waals surface area contributed by atoms with E-state index in [0.29, 0.717) is 30.8 Å². The van der Waals surface area contributed by atoms with E-state index in [0.717, 1.165) is 36.6 Å². The van der Waals surface area contributed by atoms with Gasteiger partial charge in [0.15, 0.2) is 0 Å². The SMILES string of the molecule is N#CC1(N2CCN(Cc3cccc4c3C(=O)N(C3CCC(=O)NC3=O)C4=O)CC2)CNC1. The first-order chi connectivity index (χ1) is 15.4. The molecule has 0 bridgehead atoms. The van der Waals surface area contributed by atoms with Gasteiger partial charge in [-0.3, -0.25) is 39.2 Å². The quantitative estimate of drug-likeness (QED) is 0.580. The number of piperazine rings is 1. The van der Waals surface area contributed by atoms with Gasteiger partial charge in [-0.2, -0.15) is 5.26 Å². The molecule has 3 saturated heterocycles. The Morgan fingerprint density at radius 2 is 1.81 bits per heavy atom. The molecule has 10 nitrogen and oxygen atoms in total. The number of nitriles is 1. The zero-order valence-corrected chi connectivity index (χ0v) is 17.6. The lowest BCUT2D eigenvalue weighted by molar-refractivity contribution is -0.136. The number of nitrogens with zero attached hydrogens (tertiary/aromatic N) is 4. The van der Waals surface area contributed by atoms with Crippen LogP contribution in [0.1, 0.15) is 39.1 Å². The Morgan fingerprint density at radius 1 is 1.06 bits per heavy atom. The molecular weight excluding hydrogens is 412 g/mol. The minimum atomic E-state index is -0.963. The molecule has 166 valence electrons. The van der Waals surface area contributed by atoms with Crippen molar-refractivity contribution >= 4 is 23.6 Å². The van der Waals surface area contributed by atoms with Crippen molar-refractivity contribution in [3.8, 4) is 6.07 Å². The molecule has 2 N–H and O–H groups in total. The van der Waals surface area contributed by atoms with Gasteiger partial charge in [0.05, 0.1) is 17.2 Å². The highest BCUT2D eigenvalue weighted by Gasteiger charge is 2.46. The van der Waals surface area contributed by atoms with E-state index >= 15 is 0 Å². The summed E-state index contributed by atoms with van der Waals surface area (Å²) in [7, 11) is 0. The van der Waals surface area contributed by atoms with Crippen LogP contribution in [0.25, 0.3) is 0 Å². The summed E-state index contributed by atoms with van der Waals surface area (Å²) in [4.78, 5) is 55.4. The van der Waals surface area contributed by atoms with E-state index in [9.17, 15) is 24.4 Å². The molecule has 1 atom stereocenters. The van der Waals surface area contributed by atoms with Gasteiger partial charge in [0.2, 0.25) is 11.8 Å². The number of imide groups is 2. The van der Waals surface area contributed by atoms with Crippen molar-refractivity contribution in [1.82, 2.24) is 25.3 Å². The van der Waals surface area contributed by atoms with Crippen LogP contribution in [0.15, 0.2) is 18.2 Å². The van der Waals surface area contributed by atoms with Gasteiger partial charge < -0.3 is 5.32 Å². The molecule has 32 heavy (non-hydrogen) atoms. The number of nitrogens with one attached hydrogen (secondary N) is 2. The van der Waals surface area contributed by atoms with Gasteiger partial charge in [-0.15, -0.1) is 0 Å². The number of fused-ring (bicyclic) bond motifs is 1. The van der Waals surface area contributed by atoms with Crippen LogP contribution in [-0.4, -0.2) is 89.2 Å². The summed E-state index contributed by atoms with van der Waals surface area (Å²) in [5.74, 6) is -1.96. The summed E-state index contributed by atoms with van der Waals surface area (Å²) in [5.41, 5.74) is 0.996. The van der Waals surface area contributed by atoms with Gasteiger partial charge in [0, 0.05) is 52.2 Å². The van der Waals surface area contributed by atoms with Gasteiger partial charge >= 0.3 is 0 Å². The maximum Gasteiger partial charge on any atom is 0.262 e. The Labute approximate surface area is 185 Å². The summed E-state index contributed by atoms with van der Waals surface area (Å²) in [6.07, 6.45) is 0.240. The first-order valence-corrected chi connectivity index (χ1v) is 10.9. The fourth-order valence-corrected chi connectivity index (χ4v) is 5.03. The second-order valence-electron chi connectivity index (χ2n) is 8.80. The Balaban J connectivity index is 1.31. The highest BCUT2D eigenvalue weighted by atomic mass is 16.2. The van der Waals surface area contributed by atoms with Crippen LogP contribution in [0.5, 0.6) is 0 Å². The van der Waals surface area contributed by atoms with Crippen LogP contribution in [0.3, 0.4) is 0 Å². The Kier molecular flexibility index (Phi) is 5.04. The van der Waals surface area contributed by atoms with E-state index in [1.54, 1.807) is 12.1 Å². The number of carbonyl (C=O) groups is 4. The molecule has 4 heterocycles. The third-order valence-electron chi connectivity index (χ3n) is 6.97. The molecule has 4 aliphatic heterocycles. The van der Waals surface area contributed by atoms with Crippen molar-refractivity contribution in [3.05, 3.63) is 34.9 Å². The van der Waals surface area contributed by atoms with Crippen molar-refractivity contribution in [2.75, 3.05) is 39.3 Å². The number of hydrogen-bond donors (Lipinski definition) is 2. The molecule has 0 saturated carbocycles. The lowest BCUT2D eigenvalue weighted by Gasteiger charge is -2.48. The molecule has 0 aliphatic carbocycles. The average Bonchev–Trinajstić information content (AvgIpc) is 3.00. The number of piperidine rings is 1.